The quantitative estimate of drug-likeness (QED) is 0.150. The van der Waals surface area contributed by atoms with Crippen molar-refractivity contribution in [2.45, 2.75) is 0 Å². The molecule has 1 heterocycles. The van der Waals surface area contributed by atoms with Crippen molar-refractivity contribution in [1.82, 2.24) is 0 Å². The van der Waals surface area contributed by atoms with Gasteiger partial charge in [-0.25, -0.2) is 0 Å². The standard InChI is InChI=1S/C60H39NO/c1-3-15-40(16-4-1)45-32-35-49(55(39-45)42-17-5-2-6-18-42)44-29-33-46(34-30-44)61(56-27-14-26-50-48-23-10-8-20-43(48)31-36-52(50)56)57-38-37-53(51-25-13-21-41-19-7-9-22-47(41)51)60-59(57)54-24-11-12-28-58(54)62-60/h1-39H. The molecule has 0 atom stereocenters. The highest BCUT2D eigenvalue weighted by Crippen LogP contribution is 2.49. The van der Waals surface area contributed by atoms with E-state index >= 15 is 0 Å². The van der Waals surface area contributed by atoms with Crippen LogP contribution in [0, 0.1) is 0 Å². The Morgan fingerprint density at radius 3 is 1.69 bits per heavy atom. The van der Waals surface area contributed by atoms with E-state index in [0.29, 0.717) is 0 Å². The van der Waals surface area contributed by atoms with Crippen molar-refractivity contribution in [1.29, 1.82) is 0 Å². The molecule has 2 heteroatoms. The Morgan fingerprint density at radius 2 is 0.887 bits per heavy atom. The lowest BCUT2D eigenvalue weighted by Gasteiger charge is -2.28. The number of hydrogen-bond donors (Lipinski definition) is 0. The van der Waals surface area contributed by atoms with Gasteiger partial charge in [-0.1, -0.05) is 194 Å². The third-order valence-corrected chi connectivity index (χ3v) is 12.5. The van der Waals surface area contributed by atoms with Gasteiger partial charge in [0.1, 0.15) is 11.2 Å². The van der Waals surface area contributed by atoms with Gasteiger partial charge in [0.05, 0.1) is 16.8 Å². The lowest BCUT2D eigenvalue weighted by atomic mass is 9.91. The zero-order valence-electron chi connectivity index (χ0n) is 33.9. The van der Waals surface area contributed by atoms with Crippen LogP contribution in [0.25, 0.3) is 98.8 Å². The maximum absolute atomic E-state index is 6.94. The van der Waals surface area contributed by atoms with Crippen molar-refractivity contribution in [3.63, 3.8) is 0 Å². The second kappa shape index (κ2) is 14.8. The van der Waals surface area contributed by atoms with Gasteiger partial charge in [0.2, 0.25) is 0 Å². The molecule has 0 N–H and O–H groups in total. The predicted molar refractivity (Wildman–Crippen MR) is 263 cm³/mol. The summed E-state index contributed by atoms with van der Waals surface area (Å²) in [6.45, 7) is 0. The number of benzene rings is 11. The molecule has 0 bridgehead atoms. The van der Waals surface area contributed by atoms with Gasteiger partial charge in [-0.05, 0) is 108 Å². The summed E-state index contributed by atoms with van der Waals surface area (Å²) in [4.78, 5) is 2.44. The highest BCUT2D eigenvalue weighted by molar-refractivity contribution is 6.20. The molecule has 0 spiro atoms. The Kier molecular flexibility index (Phi) is 8.53. The summed E-state index contributed by atoms with van der Waals surface area (Å²) in [7, 11) is 0. The Bertz CT molecular complexity index is 3620. The molecule has 0 aliphatic rings. The van der Waals surface area contributed by atoms with Gasteiger partial charge in [0.25, 0.3) is 0 Å². The number of para-hydroxylation sites is 1. The third-order valence-electron chi connectivity index (χ3n) is 12.5. The van der Waals surface area contributed by atoms with Gasteiger partial charge >= 0.3 is 0 Å². The van der Waals surface area contributed by atoms with E-state index in [4.69, 9.17) is 4.42 Å². The SMILES string of the molecule is c1ccc(-c2ccc(-c3ccc(N(c4cccc5c4ccc4ccccc45)c4ccc(-c5cccc6ccccc56)c5oc6ccccc6c45)cc3)c(-c3ccccc3)c2)cc1. The summed E-state index contributed by atoms with van der Waals surface area (Å²) < 4.78 is 6.94. The van der Waals surface area contributed by atoms with E-state index in [2.05, 4.69) is 241 Å². The van der Waals surface area contributed by atoms with Gasteiger partial charge in [0, 0.05) is 22.0 Å². The number of rotatable bonds is 7. The van der Waals surface area contributed by atoms with Gasteiger partial charge in [-0.3, -0.25) is 0 Å². The molecule has 0 fully saturated rings. The molecule has 0 amide bonds. The molecular weight excluding hydrogens is 751 g/mol. The Hall–Kier alpha value is -8.20. The maximum Gasteiger partial charge on any atom is 0.145 e. The summed E-state index contributed by atoms with van der Waals surface area (Å²) >= 11 is 0. The summed E-state index contributed by atoms with van der Waals surface area (Å²) in [5.41, 5.74) is 14.3. The fourth-order valence-electron chi connectivity index (χ4n) is 9.55. The van der Waals surface area contributed by atoms with Crippen LogP contribution in [-0.2, 0) is 0 Å². The molecule has 0 saturated carbocycles. The van der Waals surface area contributed by atoms with Crippen LogP contribution >= 0.6 is 0 Å². The Morgan fingerprint density at radius 1 is 0.290 bits per heavy atom. The van der Waals surface area contributed by atoms with E-state index in [-0.39, 0.29) is 0 Å². The Balaban J connectivity index is 1.09. The first kappa shape index (κ1) is 35.7. The van der Waals surface area contributed by atoms with Crippen molar-refractivity contribution in [3.8, 4) is 44.5 Å². The van der Waals surface area contributed by atoms with Crippen LogP contribution in [-0.4, -0.2) is 0 Å². The molecular formula is C60H39NO. The topological polar surface area (TPSA) is 16.4 Å². The number of nitrogens with zero attached hydrogens (tertiary/aromatic N) is 1. The summed E-state index contributed by atoms with van der Waals surface area (Å²) in [5.74, 6) is 0. The van der Waals surface area contributed by atoms with Crippen molar-refractivity contribution in [3.05, 3.63) is 237 Å². The van der Waals surface area contributed by atoms with E-state index in [1.807, 2.05) is 0 Å². The summed E-state index contributed by atoms with van der Waals surface area (Å²) in [5, 5.41) is 9.42. The molecule has 0 aliphatic heterocycles. The van der Waals surface area contributed by atoms with Crippen LogP contribution in [0.3, 0.4) is 0 Å². The molecule has 62 heavy (non-hydrogen) atoms. The first-order valence-electron chi connectivity index (χ1n) is 21.3. The molecule has 2 nitrogen and oxygen atoms in total. The minimum absolute atomic E-state index is 0.864. The van der Waals surface area contributed by atoms with Crippen LogP contribution in [0.1, 0.15) is 0 Å². The number of anilines is 3. The summed E-state index contributed by atoms with van der Waals surface area (Å²) in [6.07, 6.45) is 0. The molecule has 12 rings (SSSR count). The highest BCUT2D eigenvalue weighted by atomic mass is 16.3. The molecule has 0 saturated heterocycles. The van der Waals surface area contributed by atoms with Crippen molar-refractivity contribution in [2.24, 2.45) is 0 Å². The smallest absolute Gasteiger partial charge is 0.145 e. The predicted octanol–water partition coefficient (Wildman–Crippen LogP) is 17.2. The fourth-order valence-corrected chi connectivity index (χ4v) is 9.55. The molecule has 0 unspecified atom stereocenters. The van der Waals surface area contributed by atoms with Crippen molar-refractivity contribution in [2.75, 3.05) is 4.90 Å². The van der Waals surface area contributed by atoms with E-state index in [1.54, 1.807) is 0 Å². The molecule has 12 aromatic rings. The molecule has 11 aromatic carbocycles. The van der Waals surface area contributed by atoms with Gasteiger partial charge in [-0.15, -0.1) is 0 Å². The normalized spacial score (nSPS) is 11.5. The van der Waals surface area contributed by atoms with Crippen LogP contribution in [0.4, 0.5) is 17.1 Å². The second-order valence-electron chi connectivity index (χ2n) is 16.0. The average molecular weight is 790 g/mol. The highest BCUT2D eigenvalue weighted by Gasteiger charge is 2.24. The monoisotopic (exact) mass is 789 g/mol. The number of furan rings is 1. The van der Waals surface area contributed by atoms with Crippen LogP contribution in [0.5, 0.6) is 0 Å². The van der Waals surface area contributed by atoms with E-state index in [9.17, 15) is 0 Å². The van der Waals surface area contributed by atoms with Crippen molar-refractivity contribution >= 4 is 71.3 Å². The lowest BCUT2D eigenvalue weighted by Crippen LogP contribution is -2.11. The lowest BCUT2D eigenvalue weighted by molar-refractivity contribution is 0.670. The second-order valence-corrected chi connectivity index (χ2v) is 16.0. The minimum atomic E-state index is 0.864. The van der Waals surface area contributed by atoms with Crippen LogP contribution in [0.2, 0.25) is 0 Å². The summed E-state index contributed by atoms with van der Waals surface area (Å²) in [6, 6.07) is 85.4. The zero-order chi connectivity index (χ0) is 41.0. The van der Waals surface area contributed by atoms with Gasteiger partial charge < -0.3 is 9.32 Å². The first-order chi connectivity index (χ1) is 30.8. The van der Waals surface area contributed by atoms with E-state index in [0.717, 1.165) is 55.7 Å². The maximum atomic E-state index is 6.94. The largest absolute Gasteiger partial charge is 0.455 e. The third kappa shape index (κ3) is 5.96. The molecule has 290 valence electrons. The molecule has 1 aromatic heterocycles. The van der Waals surface area contributed by atoms with Gasteiger partial charge in [-0.2, -0.15) is 0 Å². The first-order valence-corrected chi connectivity index (χ1v) is 21.3. The van der Waals surface area contributed by atoms with Gasteiger partial charge in [0.15, 0.2) is 0 Å². The van der Waals surface area contributed by atoms with Crippen molar-refractivity contribution < 1.29 is 4.42 Å². The zero-order valence-corrected chi connectivity index (χ0v) is 33.9. The Labute approximate surface area is 360 Å². The fraction of sp³-hybridized carbons (Fsp3) is 0. The molecule has 0 radical (unpaired) electrons. The molecule has 0 aliphatic carbocycles. The van der Waals surface area contributed by atoms with E-state index < -0.39 is 0 Å². The minimum Gasteiger partial charge on any atom is -0.455 e. The van der Waals surface area contributed by atoms with Crippen LogP contribution < -0.4 is 4.90 Å². The number of hydrogen-bond acceptors (Lipinski definition) is 2. The average Bonchev–Trinajstić information content (AvgIpc) is 3.75. The number of fused-ring (bicyclic) bond motifs is 7. The van der Waals surface area contributed by atoms with Crippen LogP contribution in [0.15, 0.2) is 241 Å². The van der Waals surface area contributed by atoms with E-state index in [1.165, 1.54) is 60.1 Å².